The number of benzene rings is 1. The first-order chi connectivity index (χ1) is 9.24. The number of ether oxygens (including phenoxy) is 1. The first-order valence-electron chi connectivity index (χ1n) is 5.97. The summed E-state index contributed by atoms with van der Waals surface area (Å²) in [6, 6.07) is 13.6. The van der Waals surface area contributed by atoms with Crippen molar-refractivity contribution in [2.24, 2.45) is 0 Å². The molecule has 0 fully saturated rings. The zero-order valence-electron chi connectivity index (χ0n) is 10.7. The molecule has 0 bridgehead atoms. The van der Waals surface area contributed by atoms with E-state index in [1.165, 1.54) is 12.7 Å². The number of methoxy groups -OCH3 is 1. The van der Waals surface area contributed by atoms with Crippen molar-refractivity contribution in [2.75, 3.05) is 7.11 Å². The first kappa shape index (κ1) is 12.9. The van der Waals surface area contributed by atoms with E-state index in [2.05, 4.69) is 0 Å². The van der Waals surface area contributed by atoms with Crippen molar-refractivity contribution in [1.29, 1.82) is 5.26 Å². The molecular formula is C15H14N2O2. The fourth-order valence-electron chi connectivity index (χ4n) is 1.93. The Kier molecular flexibility index (Phi) is 3.99. The van der Waals surface area contributed by atoms with E-state index in [0.29, 0.717) is 17.8 Å². The third kappa shape index (κ3) is 3.02. The van der Waals surface area contributed by atoms with Crippen LogP contribution in [0.3, 0.4) is 0 Å². The van der Waals surface area contributed by atoms with Gasteiger partial charge in [0.1, 0.15) is 11.8 Å². The Morgan fingerprint density at radius 3 is 2.74 bits per heavy atom. The molecule has 0 spiro atoms. The second kappa shape index (κ2) is 5.87. The van der Waals surface area contributed by atoms with Gasteiger partial charge in [-0.05, 0) is 18.1 Å². The van der Waals surface area contributed by atoms with Gasteiger partial charge in [-0.1, -0.05) is 30.3 Å². The molecule has 0 amide bonds. The van der Waals surface area contributed by atoms with Gasteiger partial charge in [0.15, 0.2) is 0 Å². The molecule has 4 heteroatoms. The van der Waals surface area contributed by atoms with Gasteiger partial charge < -0.3 is 9.30 Å². The average molecular weight is 254 g/mol. The predicted molar refractivity (Wildman–Crippen MR) is 70.6 cm³/mol. The molecule has 0 N–H and O–H groups in total. The Bertz CT molecular complexity index is 609. The van der Waals surface area contributed by atoms with Crippen LogP contribution in [0.1, 0.15) is 21.6 Å². The molecule has 0 aliphatic heterocycles. The molecule has 0 radical (unpaired) electrons. The van der Waals surface area contributed by atoms with E-state index >= 15 is 0 Å². The number of hydrogen-bond acceptors (Lipinski definition) is 3. The maximum Gasteiger partial charge on any atom is 0.354 e. The number of esters is 1. The van der Waals surface area contributed by atoms with E-state index in [1.54, 1.807) is 16.8 Å². The van der Waals surface area contributed by atoms with Crippen molar-refractivity contribution in [3.05, 3.63) is 59.4 Å². The van der Waals surface area contributed by atoms with Crippen LogP contribution in [0.4, 0.5) is 0 Å². The molecule has 19 heavy (non-hydrogen) atoms. The van der Waals surface area contributed by atoms with Gasteiger partial charge in [-0.3, -0.25) is 0 Å². The van der Waals surface area contributed by atoms with Crippen molar-refractivity contribution < 1.29 is 9.53 Å². The van der Waals surface area contributed by atoms with Crippen LogP contribution in [0.2, 0.25) is 0 Å². The van der Waals surface area contributed by atoms with Crippen molar-refractivity contribution in [1.82, 2.24) is 4.57 Å². The number of aryl methyl sites for hydroxylation is 2. The maximum absolute atomic E-state index is 11.6. The minimum Gasteiger partial charge on any atom is -0.464 e. The third-order valence-electron chi connectivity index (χ3n) is 2.90. The number of carbonyl (C=O) groups is 1. The Morgan fingerprint density at radius 2 is 2.11 bits per heavy atom. The van der Waals surface area contributed by atoms with Gasteiger partial charge in [-0.15, -0.1) is 0 Å². The van der Waals surface area contributed by atoms with Crippen LogP contribution < -0.4 is 0 Å². The smallest absolute Gasteiger partial charge is 0.354 e. The lowest BCUT2D eigenvalue weighted by Gasteiger charge is -2.07. The number of carbonyl (C=O) groups excluding carboxylic acids is 1. The number of nitrogens with zero attached hydrogens (tertiary/aromatic N) is 2. The molecule has 2 rings (SSSR count). The molecule has 0 aliphatic rings. The van der Waals surface area contributed by atoms with Crippen LogP contribution in [-0.2, 0) is 17.7 Å². The van der Waals surface area contributed by atoms with E-state index in [1.807, 2.05) is 36.4 Å². The van der Waals surface area contributed by atoms with Gasteiger partial charge in [-0.2, -0.15) is 5.26 Å². The van der Waals surface area contributed by atoms with Crippen LogP contribution >= 0.6 is 0 Å². The summed E-state index contributed by atoms with van der Waals surface area (Å²) in [5.74, 6) is -0.422. The molecule has 0 atom stereocenters. The summed E-state index contributed by atoms with van der Waals surface area (Å²) < 4.78 is 6.48. The maximum atomic E-state index is 11.6. The lowest BCUT2D eigenvalue weighted by molar-refractivity contribution is 0.0588. The van der Waals surface area contributed by atoms with Gasteiger partial charge in [0, 0.05) is 12.7 Å². The Labute approximate surface area is 111 Å². The molecule has 1 aromatic carbocycles. The molecule has 0 saturated carbocycles. The highest BCUT2D eigenvalue weighted by Gasteiger charge is 2.13. The zero-order valence-corrected chi connectivity index (χ0v) is 10.7. The monoisotopic (exact) mass is 254 g/mol. The fourth-order valence-corrected chi connectivity index (χ4v) is 1.93. The van der Waals surface area contributed by atoms with Gasteiger partial charge in [0.05, 0.1) is 12.7 Å². The second-order valence-corrected chi connectivity index (χ2v) is 4.15. The summed E-state index contributed by atoms with van der Waals surface area (Å²) in [5, 5.41) is 8.90. The first-order valence-corrected chi connectivity index (χ1v) is 5.97. The van der Waals surface area contributed by atoms with Crippen LogP contribution in [0, 0.1) is 11.3 Å². The standard InChI is InChI=1S/C15H14N2O2/c1-19-15(18)14-9-13(10-16)11-17(14)8-7-12-5-3-2-4-6-12/h2-6,9,11H,7-8H2,1H3. The normalized spacial score (nSPS) is 9.89. The van der Waals surface area contributed by atoms with Crippen LogP contribution in [0.5, 0.6) is 0 Å². The van der Waals surface area contributed by atoms with Gasteiger partial charge >= 0.3 is 5.97 Å². The topological polar surface area (TPSA) is 55.0 Å². The molecule has 4 nitrogen and oxygen atoms in total. The van der Waals surface area contributed by atoms with E-state index in [4.69, 9.17) is 10.00 Å². The summed E-state index contributed by atoms with van der Waals surface area (Å²) in [4.78, 5) is 11.6. The minimum absolute atomic E-state index is 0.412. The molecular weight excluding hydrogens is 240 g/mol. The number of rotatable bonds is 4. The van der Waals surface area contributed by atoms with Gasteiger partial charge in [0.2, 0.25) is 0 Å². The van der Waals surface area contributed by atoms with Gasteiger partial charge in [0.25, 0.3) is 0 Å². The predicted octanol–water partition coefficient (Wildman–Crippen LogP) is 2.39. The Balaban J connectivity index is 2.18. The van der Waals surface area contributed by atoms with Crippen LogP contribution in [0.15, 0.2) is 42.6 Å². The SMILES string of the molecule is COC(=O)c1cc(C#N)cn1CCc1ccccc1. The summed E-state index contributed by atoms with van der Waals surface area (Å²) in [5.41, 5.74) is 2.06. The van der Waals surface area contributed by atoms with E-state index < -0.39 is 5.97 Å². The summed E-state index contributed by atoms with van der Waals surface area (Å²) >= 11 is 0. The summed E-state index contributed by atoms with van der Waals surface area (Å²) in [6.07, 6.45) is 2.47. The molecule has 1 aromatic heterocycles. The molecule has 0 aliphatic carbocycles. The van der Waals surface area contributed by atoms with Crippen molar-refractivity contribution in [2.45, 2.75) is 13.0 Å². The van der Waals surface area contributed by atoms with Crippen LogP contribution in [0.25, 0.3) is 0 Å². The Morgan fingerprint density at radius 1 is 1.37 bits per heavy atom. The second-order valence-electron chi connectivity index (χ2n) is 4.15. The number of hydrogen-bond donors (Lipinski definition) is 0. The van der Waals surface area contributed by atoms with Crippen molar-refractivity contribution in [3.63, 3.8) is 0 Å². The van der Waals surface area contributed by atoms with E-state index in [-0.39, 0.29) is 0 Å². The number of aromatic nitrogens is 1. The van der Waals surface area contributed by atoms with Crippen molar-refractivity contribution >= 4 is 5.97 Å². The lowest BCUT2D eigenvalue weighted by Crippen LogP contribution is -2.11. The summed E-state index contributed by atoms with van der Waals surface area (Å²) in [6.45, 7) is 0.635. The quantitative estimate of drug-likeness (QED) is 0.787. The lowest BCUT2D eigenvalue weighted by atomic mass is 10.1. The fraction of sp³-hybridized carbons (Fsp3) is 0.200. The minimum atomic E-state index is -0.422. The third-order valence-corrected chi connectivity index (χ3v) is 2.90. The largest absolute Gasteiger partial charge is 0.464 e. The van der Waals surface area contributed by atoms with E-state index in [0.717, 1.165) is 6.42 Å². The molecule has 96 valence electrons. The molecule has 0 saturated heterocycles. The van der Waals surface area contributed by atoms with E-state index in [9.17, 15) is 4.79 Å². The molecule has 1 heterocycles. The number of nitriles is 1. The molecule has 0 unspecified atom stereocenters. The highest BCUT2D eigenvalue weighted by molar-refractivity contribution is 5.88. The molecule has 2 aromatic rings. The zero-order chi connectivity index (χ0) is 13.7. The summed E-state index contributed by atoms with van der Waals surface area (Å²) in [7, 11) is 1.34. The Hall–Kier alpha value is -2.54. The van der Waals surface area contributed by atoms with Crippen molar-refractivity contribution in [3.8, 4) is 6.07 Å². The average Bonchev–Trinajstić information content (AvgIpc) is 2.88. The highest BCUT2D eigenvalue weighted by atomic mass is 16.5. The highest BCUT2D eigenvalue weighted by Crippen LogP contribution is 2.11. The van der Waals surface area contributed by atoms with Gasteiger partial charge in [-0.25, -0.2) is 4.79 Å². The van der Waals surface area contributed by atoms with Crippen LogP contribution in [-0.4, -0.2) is 17.6 Å².